The van der Waals surface area contributed by atoms with Crippen LogP contribution in [0.5, 0.6) is 0 Å². The summed E-state index contributed by atoms with van der Waals surface area (Å²) in [7, 11) is 1.19. The fourth-order valence-corrected chi connectivity index (χ4v) is 4.75. The van der Waals surface area contributed by atoms with Gasteiger partial charge in [0.05, 0.1) is 27.5 Å². The number of nitro groups is 1. The van der Waals surface area contributed by atoms with Crippen LogP contribution in [0.15, 0.2) is 51.8 Å². The third-order valence-corrected chi connectivity index (χ3v) is 7.09. The van der Waals surface area contributed by atoms with Crippen LogP contribution in [0.25, 0.3) is 17.4 Å². The number of carbonyl (C=O) groups is 4. The normalized spacial score (nSPS) is 14.2. The molecule has 1 aliphatic heterocycles. The maximum absolute atomic E-state index is 12.9. The zero-order valence-corrected chi connectivity index (χ0v) is 22.3. The Kier molecular flexibility index (Phi) is 7.88. The molecule has 4 rings (SSSR count). The summed E-state index contributed by atoms with van der Waals surface area (Å²) < 4.78 is 10.4. The molecule has 2 heterocycles. The summed E-state index contributed by atoms with van der Waals surface area (Å²) in [5.41, 5.74) is 1.99. The fourth-order valence-electron chi connectivity index (χ4n) is 3.74. The number of furan rings is 1. The molecule has 0 aliphatic carbocycles. The molecule has 0 atom stereocenters. The van der Waals surface area contributed by atoms with Crippen molar-refractivity contribution in [3.63, 3.8) is 0 Å². The summed E-state index contributed by atoms with van der Waals surface area (Å²) in [6.07, 6.45) is 1.36. The molecule has 1 N–H and O–H groups in total. The number of esters is 1. The van der Waals surface area contributed by atoms with Crippen molar-refractivity contribution in [2.24, 2.45) is 0 Å². The molecular formula is C26H20ClN3O8S. The number of aryl methyl sites for hydroxylation is 1. The SMILES string of the molecule is COC(=O)c1cc(NC(=O)CN2C(=O)S/C(=C/c3ccc(-c4cc(C)c(C)c([N+](=O)[O-])c4)o3)C2=O)ccc1Cl. The number of benzene rings is 2. The largest absolute Gasteiger partial charge is 0.465 e. The number of rotatable bonds is 7. The number of amides is 3. The lowest BCUT2D eigenvalue weighted by atomic mass is 10.0. The van der Waals surface area contributed by atoms with E-state index in [0.29, 0.717) is 28.6 Å². The molecule has 11 nitrogen and oxygen atoms in total. The molecule has 13 heteroatoms. The molecule has 1 aromatic heterocycles. The average molecular weight is 570 g/mol. The van der Waals surface area contributed by atoms with E-state index in [1.165, 1.54) is 37.5 Å². The lowest BCUT2D eigenvalue weighted by Gasteiger charge is -2.13. The summed E-state index contributed by atoms with van der Waals surface area (Å²) in [6.45, 7) is 2.86. The molecule has 0 spiro atoms. The molecule has 3 amide bonds. The number of nitrogens with zero attached hydrogens (tertiary/aromatic N) is 2. The number of halogens is 1. The maximum atomic E-state index is 12.9. The van der Waals surface area contributed by atoms with Gasteiger partial charge in [0.2, 0.25) is 5.91 Å². The van der Waals surface area contributed by atoms with E-state index in [1.54, 1.807) is 32.0 Å². The van der Waals surface area contributed by atoms with Crippen LogP contribution in [0.3, 0.4) is 0 Å². The zero-order chi connectivity index (χ0) is 28.4. The highest BCUT2D eigenvalue weighted by atomic mass is 35.5. The Bertz CT molecular complexity index is 1580. The number of hydrogen-bond acceptors (Lipinski definition) is 9. The number of hydrogen-bond donors (Lipinski definition) is 1. The number of imide groups is 1. The van der Waals surface area contributed by atoms with Gasteiger partial charge in [0, 0.05) is 29.0 Å². The standard InChI is InChI=1S/C26H20ClN3O8S/c1-13-8-15(9-20(14(13)2)30(35)36)21-7-5-17(38-21)11-22-24(32)29(26(34)39-22)12-23(31)28-16-4-6-19(27)18(10-16)25(33)37-3/h4-11H,12H2,1-3H3,(H,28,31)/b22-11+. The van der Waals surface area contributed by atoms with Crippen molar-refractivity contribution < 1.29 is 33.3 Å². The molecule has 2 aromatic carbocycles. The first-order valence-electron chi connectivity index (χ1n) is 11.3. The van der Waals surface area contributed by atoms with Gasteiger partial charge in [-0.2, -0.15) is 0 Å². The van der Waals surface area contributed by atoms with Crippen molar-refractivity contribution in [3.05, 3.63) is 85.0 Å². The summed E-state index contributed by atoms with van der Waals surface area (Å²) in [6, 6.07) is 10.5. The second-order valence-electron chi connectivity index (χ2n) is 8.40. The number of ether oxygens (including phenoxy) is 1. The van der Waals surface area contributed by atoms with Crippen molar-refractivity contribution in [1.29, 1.82) is 0 Å². The van der Waals surface area contributed by atoms with Crippen LogP contribution in [0, 0.1) is 24.0 Å². The first kappa shape index (κ1) is 27.6. The number of methoxy groups -OCH3 is 1. The Morgan fingerprint density at radius 1 is 1.18 bits per heavy atom. The van der Waals surface area contributed by atoms with E-state index in [4.69, 9.17) is 16.0 Å². The monoisotopic (exact) mass is 569 g/mol. The first-order chi connectivity index (χ1) is 18.5. The highest BCUT2D eigenvalue weighted by Gasteiger charge is 2.36. The van der Waals surface area contributed by atoms with Gasteiger partial charge in [-0.25, -0.2) is 4.79 Å². The minimum Gasteiger partial charge on any atom is -0.465 e. The van der Waals surface area contributed by atoms with E-state index >= 15 is 0 Å². The summed E-state index contributed by atoms with van der Waals surface area (Å²) in [4.78, 5) is 61.4. The molecule has 1 aliphatic rings. The lowest BCUT2D eigenvalue weighted by Crippen LogP contribution is -2.36. The van der Waals surface area contributed by atoms with Crippen LogP contribution >= 0.6 is 23.4 Å². The van der Waals surface area contributed by atoms with Gasteiger partial charge >= 0.3 is 5.97 Å². The third kappa shape index (κ3) is 5.86. The van der Waals surface area contributed by atoms with E-state index in [-0.39, 0.29) is 32.6 Å². The van der Waals surface area contributed by atoms with E-state index < -0.39 is 34.5 Å². The fraction of sp³-hybridized carbons (Fsp3) is 0.154. The number of nitrogens with one attached hydrogen (secondary N) is 1. The molecule has 1 saturated heterocycles. The third-order valence-electron chi connectivity index (χ3n) is 5.85. The second kappa shape index (κ2) is 11.1. The van der Waals surface area contributed by atoms with Crippen LogP contribution in [-0.2, 0) is 14.3 Å². The van der Waals surface area contributed by atoms with Gasteiger partial charge in [0.15, 0.2) is 0 Å². The highest BCUT2D eigenvalue weighted by molar-refractivity contribution is 8.18. The average Bonchev–Trinajstić information content (AvgIpc) is 3.46. The quantitative estimate of drug-likeness (QED) is 0.166. The highest BCUT2D eigenvalue weighted by Crippen LogP contribution is 2.35. The molecule has 0 unspecified atom stereocenters. The van der Waals surface area contributed by atoms with Crippen LogP contribution < -0.4 is 5.32 Å². The van der Waals surface area contributed by atoms with Gasteiger partial charge < -0.3 is 14.5 Å². The van der Waals surface area contributed by atoms with Crippen molar-refractivity contribution in [2.45, 2.75) is 13.8 Å². The molecule has 0 radical (unpaired) electrons. The van der Waals surface area contributed by atoms with Crippen molar-refractivity contribution in [1.82, 2.24) is 4.90 Å². The Morgan fingerprint density at radius 2 is 1.92 bits per heavy atom. The Morgan fingerprint density at radius 3 is 2.62 bits per heavy atom. The van der Waals surface area contributed by atoms with Crippen LogP contribution in [0.2, 0.25) is 5.02 Å². The first-order valence-corrected chi connectivity index (χ1v) is 12.5. The zero-order valence-electron chi connectivity index (χ0n) is 20.8. The van der Waals surface area contributed by atoms with Gasteiger partial charge in [-0.1, -0.05) is 11.6 Å². The van der Waals surface area contributed by atoms with Gasteiger partial charge in [0.1, 0.15) is 18.1 Å². The molecule has 1 fully saturated rings. The predicted octanol–water partition coefficient (Wildman–Crippen LogP) is 5.59. The van der Waals surface area contributed by atoms with Gasteiger partial charge in [0.25, 0.3) is 16.8 Å². The minimum absolute atomic E-state index is 0.0394. The number of carbonyl (C=O) groups excluding carboxylic acids is 4. The summed E-state index contributed by atoms with van der Waals surface area (Å²) >= 11 is 6.62. The second-order valence-corrected chi connectivity index (χ2v) is 9.80. The molecular weight excluding hydrogens is 550 g/mol. The van der Waals surface area contributed by atoms with Crippen LogP contribution in [0.4, 0.5) is 16.2 Å². The Hall–Kier alpha value is -4.42. The van der Waals surface area contributed by atoms with E-state index in [0.717, 1.165) is 10.5 Å². The summed E-state index contributed by atoms with van der Waals surface area (Å²) in [5.74, 6) is -1.46. The minimum atomic E-state index is -0.691. The van der Waals surface area contributed by atoms with Gasteiger partial charge in [-0.15, -0.1) is 0 Å². The molecule has 0 saturated carbocycles. The lowest BCUT2D eigenvalue weighted by molar-refractivity contribution is -0.385. The van der Waals surface area contributed by atoms with E-state index in [2.05, 4.69) is 10.1 Å². The Balaban J connectivity index is 1.48. The predicted molar refractivity (Wildman–Crippen MR) is 144 cm³/mol. The molecule has 39 heavy (non-hydrogen) atoms. The van der Waals surface area contributed by atoms with Gasteiger partial charge in [-0.3, -0.25) is 29.4 Å². The topological polar surface area (TPSA) is 149 Å². The molecule has 0 bridgehead atoms. The van der Waals surface area contributed by atoms with Crippen molar-refractivity contribution in [3.8, 4) is 11.3 Å². The van der Waals surface area contributed by atoms with Crippen LogP contribution in [0.1, 0.15) is 27.2 Å². The van der Waals surface area contributed by atoms with E-state index in [1.807, 2.05) is 0 Å². The van der Waals surface area contributed by atoms with Crippen molar-refractivity contribution >= 4 is 63.8 Å². The molecule has 200 valence electrons. The van der Waals surface area contributed by atoms with Crippen molar-refractivity contribution in [2.75, 3.05) is 19.0 Å². The number of nitro benzene ring substituents is 1. The number of thioether (sulfide) groups is 1. The molecule has 3 aromatic rings. The van der Waals surface area contributed by atoms with Gasteiger partial charge in [-0.05, 0) is 67.6 Å². The smallest absolute Gasteiger partial charge is 0.339 e. The van der Waals surface area contributed by atoms with Crippen LogP contribution in [-0.4, -0.2) is 46.5 Å². The maximum Gasteiger partial charge on any atom is 0.339 e. The number of anilines is 1. The Labute approximate surface area is 230 Å². The van der Waals surface area contributed by atoms with E-state index in [9.17, 15) is 29.3 Å². The summed E-state index contributed by atoms with van der Waals surface area (Å²) in [5, 5.41) is 13.4.